The van der Waals surface area contributed by atoms with Gasteiger partial charge in [0.15, 0.2) is 0 Å². The fourth-order valence-corrected chi connectivity index (χ4v) is 3.49. The number of hydrogen-bond donors (Lipinski definition) is 2. The van der Waals surface area contributed by atoms with Crippen LogP contribution in [0.25, 0.3) is 0 Å². The number of amides is 1. The molecule has 3 aliphatic rings. The molecule has 0 radical (unpaired) electrons. The van der Waals surface area contributed by atoms with Gasteiger partial charge in [-0.05, 0) is 32.1 Å². The summed E-state index contributed by atoms with van der Waals surface area (Å²) in [5.74, 6) is 0.589. The minimum absolute atomic E-state index is 0.268. The number of hydrogen-bond acceptors (Lipinski definition) is 2. The Labute approximate surface area is 91.0 Å². The Morgan fingerprint density at radius 3 is 2.53 bits per heavy atom. The first-order chi connectivity index (χ1) is 7.33. The maximum Gasteiger partial charge on any atom is 0.224 e. The van der Waals surface area contributed by atoms with Gasteiger partial charge in [-0.25, -0.2) is 0 Å². The van der Waals surface area contributed by atoms with Crippen molar-refractivity contribution in [2.45, 2.75) is 63.1 Å². The van der Waals surface area contributed by atoms with Gasteiger partial charge in [-0.2, -0.15) is 0 Å². The standard InChI is InChI=1S/C12H20N2O/c15-12(14-8-3-1-2-4-8)10-7-9-5-6-11(10)13-9/h8-11,13H,1-7H2,(H,14,15). The molecule has 3 unspecified atom stereocenters. The topological polar surface area (TPSA) is 41.1 Å². The Bertz CT molecular complexity index is 260. The van der Waals surface area contributed by atoms with Crippen LogP contribution in [0.2, 0.25) is 0 Å². The second-order valence-corrected chi connectivity index (χ2v) is 5.38. The first-order valence-corrected chi connectivity index (χ1v) is 6.39. The lowest BCUT2D eigenvalue weighted by molar-refractivity contribution is -0.126. The van der Waals surface area contributed by atoms with E-state index in [1.165, 1.54) is 38.5 Å². The zero-order valence-electron chi connectivity index (χ0n) is 9.17. The van der Waals surface area contributed by atoms with E-state index in [0.717, 1.165) is 6.42 Å². The van der Waals surface area contributed by atoms with Crippen LogP contribution in [-0.2, 0) is 4.79 Å². The van der Waals surface area contributed by atoms with Crippen LogP contribution in [0.3, 0.4) is 0 Å². The molecule has 3 nitrogen and oxygen atoms in total. The summed E-state index contributed by atoms with van der Waals surface area (Å²) in [4.78, 5) is 12.0. The van der Waals surface area contributed by atoms with Gasteiger partial charge in [-0.3, -0.25) is 4.79 Å². The van der Waals surface area contributed by atoms with Crippen LogP contribution in [0.1, 0.15) is 44.9 Å². The summed E-state index contributed by atoms with van der Waals surface area (Å²) in [6, 6.07) is 1.60. The van der Waals surface area contributed by atoms with Crippen LogP contribution in [0.5, 0.6) is 0 Å². The second-order valence-electron chi connectivity index (χ2n) is 5.38. The smallest absolute Gasteiger partial charge is 0.224 e. The number of carbonyl (C=O) groups is 1. The minimum Gasteiger partial charge on any atom is -0.353 e. The first kappa shape index (κ1) is 9.64. The lowest BCUT2D eigenvalue weighted by Gasteiger charge is -2.21. The molecule has 2 aliphatic heterocycles. The fourth-order valence-electron chi connectivity index (χ4n) is 3.49. The van der Waals surface area contributed by atoms with E-state index in [-0.39, 0.29) is 5.92 Å². The molecule has 2 heterocycles. The Morgan fingerprint density at radius 1 is 1.13 bits per heavy atom. The average Bonchev–Trinajstić information content (AvgIpc) is 2.93. The Balaban J connectivity index is 1.56. The highest BCUT2D eigenvalue weighted by Gasteiger charge is 2.43. The van der Waals surface area contributed by atoms with Gasteiger partial charge in [0.2, 0.25) is 5.91 Å². The molecule has 84 valence electrons. The first-order valence-electron chi connectivity index (χ1n) is 6.39. The van der Waals surface area contributed by atoms with E-state index in [0.29, 0.717) is 24.0 Å². The lowest BCUT2D eigenvalue weighted by atomic mass is 9.88. The average molecular weight is 208 g/mol. The molecule has 0 spiro atoms. The van der Waals surface area contributed by atoms with Gasteiger partial charge in [0, 0.05) is 18.1 Å². The van der Waals surface area contributed by atoms with Crippen LogP contribution >= 0.6 is 0 Å². The fraction of sp³-hybridized carbons (Fsp3) is 0.917. The van der Waals surface area contributed by atoms with Crippen molar-refractivity contribution in [3.63, 3.8) is 0 Å². The summed E-state index contributed by atoms with van der Waals surface area (Å²) < 4.78 is 0. The van der Waals surface area contributed by atoms with Crippen molar-refractivity contribution in [2.75, 3.05) is 0 Å². The Kier molecular flexibility index (Phi) is 2.43. The van der Waals surface area contributed by atoms with Gasteiger partial charge in [0.1, 0.15) is 0 Å². The predicted molar refractivity (Wildman–Crippen MR) is 58.5 cm³/mol. The third kappa shape index (κ3) is 1.78. The summed E-state index contributed by atoms with van der Waals surface area (Å²) in [5.41, 5.74) is 0. The van der Waals surface area contributed by atoms with Crippen LogP contribution in [0, 0.1) is 5.92 Å². The predicted octanol–water partition coefficient (Wildman–Crippen LogP) is 1.19. The molecule has 3 heteroatoms. The van der Waals surface area contributed by atoms with E-state index in [1.807, 2.05) is 0 Å². The van der Waals surface area contributed by atoms with Gasteiger partial charge >= 0.3 is 0 Å². The molecule has 2 bridgehead atoms. The second kappa shape index (κ2) is 3.78. The maximum absolute atomic E-state index is 12.0. The lowest BCUT2D eigenvalue weighted by Crippen LogP contribution is -2.41. The van der Waals surface area contributed by atoms with Gasteiger partial charge in [0.05, 0.1) is 5.92 Å². The van der Waals surface area contributed by atoms with E-state index in [4.69, 9.17) is 0 Å². The van der Waals surface area contributed by atoms with Crippen LogP contribution in [0.15, 0.2) is 0 Å². The maximum atomic E-state index is 12.0. The molecule has 1 aliphatic carbocycles. The molecule has 1 saturated carbocycles. The monoisotopic (exact) mass is 208 g/mol. The quantitative estimate of drug-likeness (QED) is 0.715. The summed E-state index contributed by atoms with van der Waals surface area (Å²) >= 11 is 0. The summed E-state index contributed by atoms with van der Waals surface area (Å²) in [6.45, 7) is 0. The van der Waals surface area contributed by atoms with Gasteiger partial charge in [-0.1, -0.05) is 12.8 Å². The normalized spacial score (nSPS) is 39.9. The molecule has 3 atom stereocenters. The van der Waals surface area contributed by atoms with Crippen molar-refractivity contribution in [3.8, 4) is 0 Å². The molecule has 3 fully saturated rings. The third-order valence-corrected chi connectivity index (χ3v) is 4.34. The van der Waals surface area contributed by atoms with E-state index >= 15 is 0 Å². The van der Waals surface area contributed by atoms with Crippen molar-refractivity contribution in [2.24, 2.45) is 5.92 Å². The van der Waals surface area contributed by atoms with E-state index in [9.17, 15) is 4.79 Å². The number of carbonyl (C=O) groups excluding carboxylic acids is 1. The van der Waals surface area contributed by atoms with E-state index < -0.39 is 0 Å². The van der Waals surface area contributed by atoms with Gasteiger partial charge < -0.3 is 10.6 Å². The largest absolute Gasteiger partial charge is 0.353 e. The SMILES string of the molecule is O=C(NC1CCCC1)C1CC2CCC1N2. The summed E-state index contributed by atoms with van der Waals surface area (Å²) in [5, 5.41) is 6.75. The van der Waals surface area contributed by atoms with Crippen LogP contribution < -0.4 is 10.6 Å². The van der Waals surface area contributed by atoms with Crippen molar-refractivity contribution >= 4 is 5.91 Å². The highest BCUT2D eigenvalue weighted by molar-refractivity contribution is 5.80. The van der Waals surface area contributed by atoms with E-state index in [1.54, 1.807) is 0 Å². The molecule has 3 rings (SSSR count). The Hall–Kier alpha value is -0.570. The molecule has 0 aromatic rings. The van der Waals surface area contributed by atoms with Crippen molar-refractivity contribution < 1.29 is 4.79 Å². The van der Waals surface area contributed by atoms with Crippen LogP contribution in [0.4, 0.5) is 0 Å². The minimum atomic E-state index is 0.268. The van der Waals surface area contributed by atoms with Gasteiger partial charge in [0.25, 0.3) is 0 Å². The highest BCUT2D eigenvalue weighted by Crippen LogP contribution is 2.33. The van der Waals surface area contributed by atoms with Crippen molar-refractivity contribution in [3.05, 3.63) is 0 Å². The molecule has 0 aromatic carbocycles. The number of rotatable bonds is 2. The molecular formula is C12H20N2O. The summed E-state index contributed by atoms with van der Waals surface area (Å²) in [7, 11) is 0. The van der Waals surface area contributed by atoms with Gasteiger partial charge in [-0.15, -0.1) is 0 Å². The Morgan fingerprint density at radius 2 is 1.93 bits per heavy atom. The molecule has 15 heavy (non-hydrogen) atoms. The van der Waals surface area contributed by atoms with Crippen molar-refractivity contribution in [1.82, 2.24) is 10.6 Å². The zero-order chi connectivity index (χ0) is 10.3. The number of nitrogens with one attached hydrogen (secondary N) is 2. The number of fused-ring (bicyclic) bond motifs is 2. The van der Waals surface area contributed by atoms with E-state index in [2.05, 4.69) is 10.6 Å². The van der Waals surface area contributed by atoms with Crippen molar-refractivity contribution in [1.29, 1.82) is 0 Å². The molecular weight excluding hydrogens is 188 g/mol. The van der Waals surface area contributed by atoms with Crippen LogP contribution in [-0.4, -0.2) is 24.0 Å². The third-order valence-electron chi connectivity index (χ3n) is 4.34. The molecule has 2 N–H and O–H groups in total. The molecule has 0 aromatic heterocycles. The summed E-state index contributed by atoms with van der Waals surface area (Å²) in [6.07, 6.45) is 8.52. The molecule has 1 amide bonds. The molecule has 2 saturated heterocycles. The highest BCUT2D eigenvalue weighted by atomic mass is 16.2. The zero-order valence-corrected chi connectivity index (χ0v) is 9.17.